The van der Waals surface area contributed by atoms with Gasteiger partial charge in [0.15, 0.2) is 5.52 Å². The van der Waals surface area contributed by atoms with E-state index in [1.165, 1.54) is 65.9 Å². The molecule has 34 heavy (non-hydrogen) atoms. The maximum absolute atomic E-state index is 4.90. The molecule has 3 aromatic heterocycles. The number of rotatable bonds is 2. The van der Waals surface area contributed by atoms with E-state index in [0.717, 1.165) is 11.9 Å². The molecule has 0 unspecified atom stereocenters. The van der Waals surface area contributed by atoms with E-state index in [1.54, 1.807) is 0 Å². The molecule has 0 amide bonds. The van der Waals surface area contributed by atoms with Gasteiger partial charge < -0.3 is 4.40 Å². The minimum Gasteiger partial charge on any atom is -0.308 e. The van der Waals surface area contributed by atoms with E-state index < -0.39 is 0 Å². The SMILES string of the molecule is Cc1cc2c3c(CC(C)(C)C)cccc3n3c4cc(C(C)C)cc5nc[n+](C)c(c(c1C)c23)c54. The standard InChI is InChI=1S/C31H34N3/c1-17(2)21-13-23-28-25(14-21)34-24-11-9-10-20(15-31(5,6)7)27(24)22-12-18(3)19(4)26(29(22)34)30(28)33(8)16-32-23/h9-14,16-17H,15H2,1-8H3/q+1. The van der Waals surface area contributed by atoms with E-state index in [2.05, 4.69) is 101 Å². The van der Waals surface area contributed by atoms with Crippen molar-refractivity contribution in [3.63, 3.8) is 0 Å². The van der Waals surface area contributed by atoms with Crippen molar-refractivity contribution in [2.24, 2.45) is 12.5 Å². The summed E-state index contributed by atoms with van der Waals surface area (Å²) < 4.78 is 4.76. The van der Waals surface area contributed by atoms with Gasteiger partial charge in [0, 0.05) is 10.8 Å². The molecule has 6 aromatic rings. The highest BCUT2D eigenvalue weighted by Gasteiger charge is 2.26. The number of aromatic nitrogens is 3. The van der Waals surface area contributed by atoms with Crippen LogP contribution in [-0.4, -0.2) is 9.38 Å². The number of benzene rings is 3. The van der Waals surface area contributed by atoms with E-state index in [-0.39, 0.29) is 5.41 Å². The molecule has 0 saturated carbocycles. The van der Waals surface area contributed by atoms with Gasteiger partial charge in [-0.25, -0.2) is 4.57 Å². The normalized spacial score (nSPS) is 13.1. The molecule has 0 atom stereocenters. The summed E-state index contributed by atoms with van der Waals surface area (Å²) in [6.07, 6.45) is 3.04. The Bertz CT molecular complexity index is 1760. The molecule has 6 rings (SSSR count). The third-order valence-electron chi connectivity index (χ3n) is 7.63. The Labute approximate surface area is 201 Å². The average molecular weight is 449 g/mol. The summed E-state index contributed by atoms with van der Waals surface area (Å²) in [7, 11) is 2.14. The summed E-state index contributed by atoms with van der Waals surface area (Å²) in [5, 5.41) is 5.39. The number of hydrogen-bond donors (Lipinski definition) is 0. The van der Waals surface area contributed by atoms with Crippen molar-refractivity contribution >= 4 is 49.1 Å². The third kappa shape index (κ3) is 2.82. The van der Waals surface area contributed by atoms with Crippen molar-refractivity contribution in [1.29, 1.82) is 0 Å². The van der Waals surface area contributed by atoms with Crippen LogP contribution in [0.4, 0.5) is 0 Å². The fraction of sp³-hybridized carbons (Fsp3) is 0.355. The molecule has 0 aliphatic heterocycles. The Morgan fingerprint density at radius 3 is 2.44 bits per heavy atom. The molecule has 3 heterocycles. The molecular formula is C31H34N3+. The van der Waals surface area contributed by atoms with Crippen molar-refractivity contribution in [3.8, 4) is 0 Å². The van der Waals surface area contributed by atoms with Gasteiger partial charge in [-0.15, -0.1) is 0 Å². The first-order valence-corrected chi connectivity index (χ1v) is 12.5. The Morgan fingerprint density at radius 1 is 0.971 bits per heavy atom. The van der Waals surface area contributed by atoms with E-state index in [9.17, 15) is 0 Å². The highest BCUT2D eigenvalue weighted by Crippen LogP contribution is 2.43. The highest BCUT2D eigenvalue weighted by molar-refractivity contribution is 6.26. The van der Waals surface area contributed by atoms with Gasteiger partial charge in [0.05, 0.1) is 34.4 Å². The molecule has 0 radical (unpaired) electrons. The first-order chi connectivity index (χ1) is 16.1. The van der Waals surface area contributed by atoms with E-state index in [4.69, 9.17) is 4.98 Å². The number of pyridine rings is 1. The lowest BCUT2D eigenvalue weighted by Crippen LogP contribution is -2.30. The molecule has 0 aliphatic rings. The van der Waals surface area contributed by atoms with Gasteiger partial charge in [0.2, 0.25) is 0 Å². The van der Waals surface area contributed by atoms with Crippen LogP contribution >= 0.6 is 0 Å². The molecule has 3 nitrogen and oxygen atoms in total. The van der Waals surface area contributed by atoms with Crippen LogP contribution in [0.5, 0.6) is 0 Å². The number of nitrogens with zero attached hydrogens (tertiary/aromatic N) is 3. The number of aryl methyl sites for hydroxylation is 3. The van der Waals surface area contributed by atoms with Gasteiger partial charge >= 0.3 is 0 Å². The first kappa shape index (κ1) is 21.3. The molecule has 172 valence electrons. The molecule has 3 heteroatoms. The zero-order valence-corrected chi connectivity index (χ0v) is 21.7. The lowest BCUT2D eigenvalue weighted by atomic mass is 9.86. The zero-order chi connectivity index (χ0) is 24.1. The van der Waals surface area contributed by atoms with Gasteiger partial charge in [-0.2, -0.15) is 0 Å². The van der Waals surface area contributed by atoms with Crippen molar-refractivity contribution in [1.82, 2.24) is 9.38 Å². The van der Waals surface area contributed by atoms with Crippen molar-refractivity contribution in [3.05, 3.63) is 65.0 Å². The van der Waals surface area contributed by atoms with Crippen molar-refractivity contribution in [2.45, 2.75) is 60.8 Å². The molecule has 3 aromatic carbocycles. The molecule has 0 N–H and O–H groups in total. The van der Waals surface area contributed by atoms with Crippen LogP contribution in [0.15, 0.2) is 42.7 Å². The Balaban J connectivity index is 2.00. The second-order valence-electron chi connectivity index (χ2n) is 11.8. The lowest BCUT2D eigenvalue weighted by molar-refractivity contribution is -0.646. The largest absolute Gasteiger partial charge is 0.308 e. The van der Waals surface area contributed by atoms with Crippen LogP contribution in [0, 0.1) is 19.3 Å². The molecule has 0 spiro atoms. The monoisotopic (exact) mass is 448 g/mol. The third-order valence-corrected chi connectivity index (χ3v) is 7.63. The van der Waals surface area contributed by atoms with Crippen LogP contribution in [0.1, 0.15) is 62.8 Å². The summed E-state index contributed by atoms with van der Waals surface area (Å²) in [6, 6.07) is 14.0. The minimum atomic E-state index is 0.218. The van der Waals surface area contributed by atoms with E-state index >= 15 is 0 Å². The number of hydrogen-bond acceptors (Lipinski definition) is 1. The molecular weight excluding hydrogens is 414 g/mol. The second-order valence-corrected chi connectivity index (χ2v) is 11.8. The summed E-state index contributed by atoms with van der Waals surface area (Å²) in [5.74, 6) is 0.440. The van der Waals surface area contributed by atoms with Gasteiger partial charge in [-0.3, -0.25) is 0 Å². The maximum atomic E-state index is 4.90. The first-order valence-electron chi connectivity index (χ1n) is 12.5. The van der Waals surface area contributed by atoms with Crippen LogP contribution in [0.2, 0.25) is 0 Å². The fourth-order valence-corrected chi connectivity index (χ4v) is 5.96. The fourth-order valence-electron chi connectivity index (χ4n) is 5.96. The summed E-state index contributed by atoms with van der Waals surface area (Å²) >= 11 is 0. The average Bonchev–Trinajstić information content (AvgIpc) is 3.09. The highest BCUT2D eigenvalue weighted by atomic mass is 15.0. The summed E-state index contributed by atoms with van der Waals surface area (Å²) in [4.78, 5) is 4.90. The van der Waals surface area contributed by atoms with Crippen molar-refractivity contribution < 1.29 is 4.57 Å². The Hall–Kier alpha value is -3.20. The smallest absolute Gasteiger partial charge is 0.287 e. The predicted octanol–water partition coefficient (Wildman–Crippen LogP) is 7.54. The second kappa shape index (κ2) is 6.91. The quantitative estimate of drug-likeness (QED) is 0.152. The van der Waals surface area contributed by atoms with Crippen LogP contribution in [0.25, 0.3) is 49.1 Å². The van der Waals surface area contributed by atoms with Gasteiger partial charge in [-0.1, -0.05) is 46.8 Å². The Morgan fingerprint density at radius 2 is 1.74 bits per heavy atom. The van der Waals surface area contributed by atoms with Crippen LogP contribution < -0.4 is 4.57 Å². The van der Waals surface area contributed by atoms with Crippen molar-refractivity contribution in [2.75, 3.05) is 0 Å². The molecule has 0 bridgehead atoms. The van der Waals surface area contributed by atoms with E-state index in [0.29, 0.717) is 5.92 Å². The van der Waals surface area contributed by atoms with Crippen LogP contribution in [0.3, 0.4) is 0 Å². The molecule has 0 fully saturated rings. The molecule has 0 saturated heterocycles. The summed E-state index contributed by atoms with van der Waals surface area (Å²) in [6.45, 7) is 16.1. The number of fused-ring (bicyclic) bond motifs is 5. The van der Waals surface area contributed by atoms with Crippen LogP contribution in [-0.2, 0) is 13.5 Å². The molecule has 0 aliphatic carbocycles. The lowest BCUT2D eigenvalue weighted by Gasteiger charge is -2.19. The zero-order valence-electron chi connectivity index (χ0n) is 21.7. The predicted molar refractivity (Wildman–Crippen MR) is 144 cm³/mol. The topological polar surface area (TPSA) is 21.2 Å². The summed E-state index contributed by atoms with van der Waals surface area (Å²) in [5.41, 5.74) is 12.0. The van der Waals surface area contributed by atoms with Gasteiger partial charge in [0.25, 0.3) is 6.33 Å². The van der Waals surface area contributed by atoms with Gasteiger partial charge in [0.1, 0.15) is 5.52 Å². The van der Waals surface area contributed by atoms with E-state index in [1.807, 2.05) is 6.33 Å². The minimum absolute atomic E-state index is 0.218. The van der Waals surface area contributed by atoms with Gasteiger partial charge in [-0.05, 0) is 83.1 Å². The Kier molecular flexibility index (Phi) is 4.34. The maximum Gasteiger partial charge on any atom is 0.287 e.